The number of nitrogens with zero attached hydrogens (tertiary/aromatic N) is 6. The third-order valence-corrected chi connectivity index (χ3v) is 4.24. The van der Waals surface area contributed by atoms with E-state index in [-0.39, 0.29) is 6.10 Å². The lowest BCUT2D eigenvalue weighted by atomic mass is 10.3. The van der Waals surface area contributed by atoms with E-state index in [4.69, 9.17) is 9.47 Å². The monoisotopic (exact) mass is 340 g/mol. The second-order valence-electron chi connectivity index (χ2n) is 6.19. The molecule has 1 aliphatic rings. The van der Waals surface area contributed by atoms with Crippen molar-refractivity contribution < 1.29 is 9.47 Å². The molecule has 4 heterocycles. The van der Waals surface area contributed by atoms with Gasteiger partial charge >= 0.3 is 6.01 Å². The number of aromatic nitrogens is 5. The summed E-state index contributed by atoms with van der Waals surface area (Å²) in [4.78, 5) is 15.2. The smallest absolute Gasteiger partial charge is 0.316 e. The average Bonchev–Trinajstić information content (AvgIpc) is 3.20. The minimum Gasteiger partial charge on any atom is -0.494 e. The summed E-state index contributed by atoms with van der Waals surface area (Å²) >= 11 is 0. The van der Waals surface area contributed by atoms with Crippen LogP contribution in [0.2, 0.25) is 0 Å². The summed E-state index contributed by atoms with van der Waals surface area (Å²) < 4.78 is 12.9. The van der Waals surface area contributed by atoms with E-state index < -0.39 is 0 Å². The quantitative estimate of drug-likeness (QED) is 0.716. The first kappa shape index (κ1) is 15.6. The minimum atomic E-state index is 0.0357. The van der Waals surface area contributed by atoms with Gasteiger partial charge in [-0.25, -0.2) is 4.98 Å². The number of ether oxygens (including phenoxy) is 2. The van der Waals surface area contributed by atoms with E-state index in [2.05, 4.69) is 31.0 Å². The molecule has 4 rings (SSSR count). The Hall–Kier alpha value is -2.90. The lowest BCUT2D eigenvalue weighted by molar-refractivity contribution is 0.205. The van der Waals surface area contributed by atoms with E-state index in [0.717, 1.165) is 42.4 Å². The number of hydrogen-bond acceptors (Lipinski definition) is 7. The van der Waals surface area contributed by atoms with Crippen molar-refractivity contribution >= 4 is 11.5 Å². The van der Waals surface area contributed by atoms with Crippen LogP contribution < -0.4 is 14.4 Å². The molecule has 3 aromatic rings. The molecule has 0 aromatic carbocycles. The maximum absolute atomic E-state index is 5.91. The molecular weight excluding hydrogens is 320 g/mol. The van der Waals surface area contributed by atoms with Gasteiger partial charge < -0.3 is 14.4 Å². The van der Waals surface area contributed by atoms with Crippen molar-refractivity contribution in [3.8, 4) is 11.8 Å². The predicted octanol–water partition coefficient (Wildman–Crippen LogP) is 1.80. The SMILES string of the molecule is COc1cnc(OC2CCN(c3cc(C)nc4cc(C)nn34)C2)nc1. The van der Waals surface area contributed by atoms with Gasteiger partial charge in [-0.2, -0.15) is 19.6 Å². The Bertz CT molecular complexity index is 892. The van der Waals surface area contributed by atoms with Crippen LogP contribution in [-0.2, 0) is 0 Å². The number of methoxy groups -OCH3 is 1. The molecule has 1 atom stereocenters. The summed E-state index contributed by atoms with van der Waals surface area (Å²) in [6.07, 6.45) is 4.15. The summed E-state index contributed by atoms with van der Waals surface area (Å²) in [5, 5.41) is 4.56. The van der Waals surface area contributed by atoms with E-state index in [1.54, 1.807) is 19.5 Å². The molecule has 25 heavy (non-hydrogen) atoms. The first-order chi connectivity index (χ1) is 12.1. The highest BCUT2D eigenvalue weighted by atomic mass is 16.5. The van der Waals surface area contributed by atoms with Crippen LogP contribution in [0.15, 0.2) is 24.5 Å². The van der Waals surface area contributed by atoms with Crippen LogP contribution in [0.5, 0.6) is 11.8 Å². The van der Waals surface area contributed by atoms with Crippen LogP contribution in [-0.4, -0.2) is 50.9 Å². The highest BCUT2D eigenvalue weighted by Crippen LogP contribution is 2.24. The van der Waals surface area contributed by atoms with Gasteiger partial charge in [-0.1, -0.05) is 0 Å². The first-order valence-electron chi connectivity index (χ1n) is 8.24. The number of rotatable bonds is 4. The van der Waals surface area contributed by atoms with Crippen molar-refractivity contribution in [2.75, 3.05) is 25.1 Å². The predicted molar refractivity (Wildman–Crippen MR) is 92.3 cm³/mol. The second kappa shape index (κ2) is 6.19. The molecular formula is C17H20N6O2. The highest BCUT2D eigenvalue weighted by molar-refractivity contribution is 5.52. The van der Waals surface area contributed by atoms with Gasteiger partial charge in [0, 0.05) is 30.8 Å². The van der Waals surface area contributed by atoms with E-state index in [0.29, 0.717) is 11.8 Å². The minimum absolute atomic E-state index is 0.0357. The second-order valence-corrected chi connectivity index (χ2v) is 6.19. The third kappa shape index (κ3) is 3.07. The molecule has 1 fully saturated rings. The number of hydrogen-bond donors (Lipinski definition) is 0. The Balaban J connectivity index is 1.52. The van der Waals surface area contributed by atoms with Gasteiger partial charge in [0.1, 0.15) is 11.9 Å². The third-order valence-electron chi connectivity index (χ3n) is 4.24. The maximum Gasteiger partial charge on any atom is 0.316 e. The zero-order valence-corrected chi connectivity index (χ0v) is 14.5. The highest BCUT2D eigenvalue weighted by Gasteiger charge is 2.27. The molecule has 1 aliphatic heterocycles. The fraction of sp³-hybridized carbons (Fsp3) is 0.412. The molecule has 0 radical (unpaired) electrons. The molecule has 1 unspecified atom stereocenters. The fourth-order valence-corrected chi connectivity index (χ4v) is 3.07. The average molecular weight is 340 g/mol. The van der Waals surface area contributed by atoms with Gasteiger partial charge in [0.2, 0.25) is 0 Å². The standard InChI is InChI=1S/C17H20N6O2/c1-11-7-16(23-15(20-11)6-12(2)21-23)22-5-4-13(10-22)25-17-18-8-14(24-3)9-19-17/h6-9,13H,4-5,10H2,1-3H3. The van der Waals surface area contributed by atoms with E-state index in [1.807, 2.05) is 24.4 Å². The summed E-state index contributed by atoms with van der Waals surface area (Å²) in [7, 11) is 1.59. The molecule has 130 valence electrons. The topological polar surface area (TPSA) is 77.7 Å². The fourth-order valence-electron chi connectivity index (χ4n) is 3.07. The van der Waals surface area contributed by atoms with Gasteiger partial charge in [0.05, 0.1) is 31.7 Å². The van der Waals surface area contributed by atoms with Crippen LogP contribution >= 0.6 is 0 Å². The molecule has 0 saturated carbocycles. The van der Waals surface area contributed by atoms with Gasteiger partial charge in [0.25, 0.3) is 0 Å². The van der Waals surface area contributed by atoms with Crippen molar-refractivity contribution in [1.82, 2.24) is 24.6 Å². The molecule has 0 N–H and O–H groups in total. The Kier molecular flexibility index (Phi) is 3.87. The van der Waals surface area contributed by atoms with Gasteiger partial charge in [0.15, 0.2) is 11.4 Å². The normalized spacial score (nSPS) is 17.2. The molecule has 0 spiro atoms. The van der Waals surface area contributed by atoms with Crippen LogP contribution in [0, 0.1) is 13.8 Å². The van der Waals surface area contributed by atoms with Crippen molar-refractivity contribution in [3.63, 3.8) is 0 Å². The molecule has 0 amide bonds. The van der Waals surface area contributed by atoms with Crippen molar-refractivity contribution in [1.29, 1.82) is 0 Å². The van der Waals surface area contributed by atoms with Crippen molar-refractivity contribution in [2.24, 2.45) is 0 Å². The Labute approximate surface area is 145 Å². The Morgan fingerprint density at radius 3 is 2.68 bits per heavy atom. The molecule has 3 aromatic heterocycles. The summed E-state index contributed by atoms with van der Waals surface area (Å²) in [5.41, 5.74) is 2.80. The van der Waals surface area contributed by atoms with Crippen LogP contribution in [0.3, 0.4) is 0 Å². The van der Waals surface area contributed by atoms with E-state index in [9.17, 15) is 0 Å². The zero-order chi connectivity index (χ0) is 17.4. The molecule has 8 heteroatoms. The maximum atomic E-state index is 5.91. The summed E-state index contributed by atoms with van der Waals surface area (Å²) in [6.45, 7) is 5.62. The Morgan fingerprint density at radius 2 is 1.92 bits per heavy atom. The van der Waals surface area contributed by atoms with Crippen molar-refractivity contribution in [2.45, 2.75) is 26.4 Å². The number of anilines is 1. The van der Waals surface area contributed by atoms with Gasteiger partial charge in [-0.05, 0) is 13.8 Å². The van der Waals surface area contributed by atoms with E-state index >= 15 is 0 Å². The molecule has 0 aliphatic carbocycles. The number of fused-ring (bicyclic) bond motifs is 1. The van der Waals surface area contributed by atoms with Gasteiger partial charge in [-0.3, -0.25) is 0 Å². The van der Waals surface area contributed by atoms with E-state index in [1.165, 1.54) is 0 Å². The van der Waals surface area contributed by atoms with Crippen LogP contribution in [0.25, 0.3) is 5.65 Å². The van der Waals surface area contributed by atoms with Crippen molar-refractivity contribution in [3.05, 3.63) is 35.9 Å². The first-order valence-corrected chi connectivity index (χ1v) is 8.24. The summed E-state index contributed by atoms with van der Waals surface area (Å²) in [5.74, 6) is 1.65. The largest absolute Gasteiger partial charge is 0.494 e. The lowest BCUT2D eigenvalue weighted by Crippen LogP contribution is -2.27. The zero-order valence-electron chi connectivity index (χ0n) is 14.5. The summed E-state index contributed by atoms with van der Waals surface area (Å²) in [6, 6.07) is 4.43. The molecule has 1 saturated heterocycles. The van der Waals surface area contributed by atoms with Crippen LogP contribution in [0.4, 0.5) is 5.82 Å². The molecule has 8 nitrogen and oxygen atoms in total. The number of aryl methyl sites for hydroxylation is 2. The molecule has 0 bridgehead atoms. The Morgan fingerprint density at radius 1 is 1.12 bits per heavy atom. The van der Waals surface area contributed by atoms with Gasteiger partial charge in [-0.15, -0.1) is 0 Å². The lowest BCUT2D eigenvalue weighted by Gasteiger charge is -2.19. The van der Waals surface area contributed by atoms with Crippen LogP contribution in [0.1, 0.15) is 17.8 Å².